The molecule has 1 heteroatoms. The highest BCUT2D eigenvalue weighted by Crippen LogP contribution is 2.50. The lowest BCUT2D eigenvalue weighted by molar-refractivity contribution is 0.777. The molecule has 1 aliphatic heterocycles. The summed E-state index contributed by atoms with van der Waals surface area (Å²) >= 11 is 0. The number of allylic oxidation sites excluding steroid dienone is 2. The van der Waals surface area contributed by atoms with Gasteiger partial charge in [0.05, 0.1) is 0 Å². The average Bonchev–Trinajstić information content (AvgIpc) is 2.10. The molecule has 1 heterocycles. The fraction of sp³-hybridized carbons (Fsp3) is 0.800. The molecule has 1 rings (SSSR count). The quantitative estimate of drug-likeness (QED) is 0.385. The Kier molecular flexibility index (Phi) is 3.13. The van der Waals surface area contributed by atoms with Crippen molar-refractivity contribution < 1.29 is 0 Å². The Morgan fingerprint density at radius 3 is 1.82 bits per heavy atom. The predicted molar refractivity (Wildman–Crippen MR) is 54.8 cm³/mol. The van der Waals surface area contributed by atoms with Gasteiger partial charge in [-0.3, -0.25) is 0 Å². The van der Waals surface area contributed by atoms with E-state index in [0.717, 1.165) is 0 Å². The van der Waals surface area contributed by atoms with E-state index in [4.69, 9.17) is 0 Å². The Morgan fingerprint density at radius 2 is 1.45 bits per heavy atom. The van der Waals surface area contributed by atoms with Gasteiger partial charge in [-0.15, -0.1) is 7.92 Å². The minimum absolute atomic E-state index is 0.298. The van der Waals surface area contributed by atoms with E-state index in [-0.39, 0.29) is 0 Å². The number of hydrogen-bond acceptors (Lipinski definition) is 0. The number of hydrogen-bond donors (Lipinski definition) is 0. The highest BCUT2D eigenvalue weighted by atomic mass is 31.1. The van der Waals surface area contributed by atoms with Crippen molar-refractivity contribution in [1.82, 2.24) is 0 Å². The molecule has 1 aliphatic rings. The minimum atomic E-state index is 0.298. The maximum Gasteiger partial charge on any atom is -0.0179 e. The molecule has 0 unspecified atom stereocenters. The smallest absolute Gasteiger partial charge is 0.0179 e. The van der Waals surface area contributed by atoms with Gasteiger partial charge in [0.15, 0.2) is 0 Å². The molecule has 0 bridgehead atoms. The lowest BCUT2D eigenvalue weighted by Crippen LogP contribution is -2.14. The molecule has 0 nitrogen and oxygen atoms in total. The highest BCUT2D eigenvalue weighted by molar-refractivity contribution is 7.59. The van der Waals surface area contributed by atoms with E-state index in [0.29, 0.717) is 13.1 Å². The first-order chi connectivity index (χ1) is 5.11. The summed E-state index contributed by atoms with van der Waals surface area (Å²) in [4.78, 5) is 0. The lowest BCUT2D eigenvalue weighted by atomic mass is 10.3. The van der Waals surface area contributed by atoms with Crippen molar-refractivity contribution in [1.29, 1.82) is 0 Å². The maximum atomic E-state index is 2.39. The van der Waals surface area contributed by atoms with Crippen LogP contribution in [0.15, 0.2) is 12.2 Å². The van der Waals surface area contributed by atoms with Crippen LogP contribution in [0, 0.1) is 0 Å². The molecule has 0 aromatic heterocycles. The van der Waals surface area contributed by atoms with Crippen LogP contribution in [0.25, 0.3) is 0 Å². The van der Waals surface area contributed by atoms with Crippen LogP contribution in [0.4, 0.5) is 0 Å². The second-order valence-corrected chi connectivity index (χ2v) is 7.52. The van der Waals surface area contributed by atoms with Crippen molar-refractivity contribution in [2.75, 3.05) is 12.3 Å². The molecule has 0 aromatic carbocycles. The average molecular weight is 170 g/mol. The second kappa shape index (κ2) is 3.72. The van der Waals surface area contributed by atoms with Gasteiger partial charge < -0.3 is 0 Å². The largest absolute Gasteiger partial charge is 0.101 e. The molecule has 0 fully saturated rings. The molecule has 0 aliphatic carbocycles. The first-order valence-electron chi connectivity index (χ1n) is 4.51. The molecule has 0 aromatic rings. The van der Waals surface area contributed by atoms with Crippen LogP contribution in [0.1, 0.15) is 33.6 Å². The van der Waals surface area contributed by atoms with Crippen molar-refractivity contribution in [3.05, 3.63) is 12.2 Å². The van der Waals surface area contributed by atoms with Crippen LogP contribution >= 0.6 is 7.92 Å². The normalized spacial score (nSPS) is 21.7. The Hall–Kier alpha value is 0.170. The van der Waals surface area contributed by atoms with Gasteiger partial charge in [-0.2, -0.15) is 0 Å². The van der Waals surface area contributed by atoms with Gasteiger partial charge in [0.25, 0.3) is 0 Å². The molecule has 0 spiro atoms. The van der Waals surface area contributed by atoms with Gasteiger partial charge in [0.1, 0.15) is 0 Å². The zero-order valence-electron chi connectivity index (χ0n) is 7.93. The zero-order valence-corrected chi connectivity index (χ0v) is 8.82. The molecule has 0 amide bonds. The Balaban J connectivity index is 2.47. The fourth-order valence-corrected chi connectivity index (χ4v) is 3.97. The van der Waals surface area contributed by atoms with Gasteiger partial charge in [-0.05, 0) is 30.3 Å². The molecule has 0 atom stereocenters. The van der Waals surface area contributed by atoms with Crippen molar-refractivity contribution in [3.8, 4) is 0 Å². The van der Waals surface area contributed by atoms with Crippen LogP contribution in [0.2, 0.25) is 0 Å². The summed E-state index contributed by atoms with van der Waals surface area (Å²) in [7, 11) is 0.298. The molecule has 0 saturated carbocycles. The molecule has 0 radical (unpaired) electrons. The first kappa shape index (κ1) is 9.26. The monoisotopic (exact) mass is 170 g/mol. The van der Waals surface area contributed by atoms with Crippen LogP contribution < -0.4 is 0 Å². The van der Waals surface area contributed by atoms with Gasteiger partial charge in [0.2, 0.25) is 0 Å². The zero-order chi connectivity index (χ0) is 8.32. The van der Waals surface area contributed by atoms with E-state index < -0.39 is 0 Å². The van der Waals surface area contributed by atoms with Gasteiger partial charge in [-0.1, -0.05) is 32.9 Å². The van der Waals surface area contributed by atoms with E-state index in [1.807, 2.05) is 0 Å². The highest BCUT2D eigenvalue weighted by Gasteiger charge is 2.22. The van der Waals surface area contributed by atoms with Crippen LogP contribution in [-0.2, 0) is 0 Å². The summed E-state index contributed by atoms with van der Waals surface area (Å²) in [5.74, 6) is 0. The summed E-state index contributed by atoms with van der Waals surface area (Å²) in [5.41, 5.74) is 0. The van der Waals surface area contributed by atoms with Crippen molar-refractivity contribution in [2.24, 2.45) is 0 Å². The third-order valence-corrected chi connectivity index (χ3v) is 5.74. The first-order valence-corrected chi connectivity index (χ1v) is 6.22. The van der Waals surface area contributed by atoms with Crippen molar-refractivity contribution in [3.63, 3.8) is 0 Å². The number of rotatable bonds is 0. The maximum absolute atomic E-state index is 2.39. The van der Waals surface area contributed by atoms with E-state index >= 15 is 0 Å². The Bertz CT molecular complexity index is 131. The Morgan fingerprint density at radius 1 is 1.00 bits per heavy atom. The van der Waals surface area contributed by atoms with Gasteiger partial charge >= 0.3 is 0 Å². The van der Waals surface area contributed by atoms with Crippen LogP contribution in [0.5, 0.6) is 0 Å². The van der Waals surface area contributed by atoms with Crippen LogP contribution in [-0.4, -0.2) is 17.5 Å². The topological polar surface area (TPSA) is 0 Å². The van der Waals surface area contributed by atoms with Crippen molar-refractivity contribution in [2.45, 2.75) is 38.8 Å². The molecule has 0 N–H and O–H groups in total. The van der Waals surface area contributed by atoms with Crippen molar-refractivity contribution >= 4 is 7.92 Å². The van der Waals surface area contributed by atoms with Gasteiger partial charge in [-0.25, -0.2) is 0 Å². The summed E-state index contributed by atoms with van der Waals surface area (Å²) in [6.45, 7) is 7.18. The predicted octanol–water partition coefficient (Wildman–Crippen LogP) is 3.62. The SMILES string of the molecule is CC(C)(C)P1CCC=CCC1. The standard InChI is InChI=1S/C10H19P/c1-10(2,3)11-8-6-4-5-7-9-11/h4-5H,6-9H2,1-3H3. The summed E-state index contributed by atoms with van der Waals surface area (Å²) in [6, 6.07) is 0. The van der Waals surface area contributed by atoms with E-state index in [1.165, 1.54) is 25.2 Å². The third-order valence-electron chi connectivity index (χ3n) is 2.25. The summed E-state index contributed by atoms with van der Waals surface area (Å²) in [5, 5.41) is 0.585. The summed E-state index contributed by atoms with van der Waals surface area (Å²) in [6.07, 6.45) is 10.3. The van der Waals surface area contributed by atoms with Gasteiger partial charge in [0, 0.05) is 0 Å². The third kappa shape index (κ3) is 2.95. The van der Waals surface area contributed by atoms with E-state index in [1.54, 1.807) is 0 Å². The molecular weight excluding hydrogens is 151 g/mol. The van der Waals surface area contributed by atoms with Crippen LogP contribution in [0.3, 0.4) is 0 Å². The molecule has 64 valence electrons. The molecular formula is C10H19P. The molecule has 11 heavy (non-hydrogen) atoms. The van der Waals surface area contributed by atoms with E-state index in [9.17, 15) is 0 Å². The van der Waals surface area contributed by atoms with E-state index in [2.05, 4.69) is 32.9 Å². The second-order valence-electron chi connectivity index (χ2n) is 4.21. The lowest BCUT2D eigenvalue weighted by Gasteiger charge is -2.30. The fourth-order valence-electron chi connectivity index (χ4n) is 1.48. The molecule has 0 saturated heterocycles. The summed E-state index contributed by atoms with van der Waals surface area (Å²) < 4.78 is 0. The Labute approximate surface area is 71.8 Å². The minimum Gasteiger partial charge on any atom is -0.101 e.